The Bertz CT molecular complexity index is 879. The minimum absolute atomic E-state index is 0.0291. The van der Waals surface area contributed by atoms with Gasteiger partial charge in [0.05, 0.1) is 35.1 Å². The molecular formula is C21H23N3O2S. The third-order valence-corrected chi connectivity index (χ3v) is 4.95. The lowest BCUT2D eigenvalue weighted by Gasteiger charge is -2.08. The zero-order chi connectivity index (χ0) is 19.1. The van der Waals surface area contributed by atoms with Crippen LogP contribution < -0.4 is 10.1 Å². The van der Waals surface area contributed by atoms with E-state index in [0.717, 1.165) is 34.3 Å². The summed E-state index contributed by atoms with van der Waals surface area (Å²) in [6.07, 6.45) is 0. The van der Waals surface area contributed by atoms with Crippen LogP contribution in [0, 0.1) is 13.8 Å². The second-order valence-corrected chi connectivity index (χ2v) is 7.16. The summed E-state index contributed by atoms with van der Waals surface area (Å²) in [5.74, 6) is 1.96. The summed E-state index contributed by atoms with van der Waals surface area (Å²) in [6, 6.07) is 19.6. The molecule has 0 atom stereocenters. The third-order valence-electron chi connectivity index (χ3n) is 4.03. The number of hydrogen-bond donors (Lipinski definition) is 1. The minimum atomic E-state index is -0.0291. The average Bonchev–Trinajstić information content (AvgIpc) is 2.97. The van der Waals surface area contributed by atoms with E-state index < -0.39 is 0 Å². The van der Waals surface area contributed by atoms with Gasteiger partial charge in [-0.3, -0.25) is 4.79 Å². The molecule has 5 nitrogen and oxygen atoms in total. The van der Waals surface area contributed by atoms with Crippen molar-refractivity contribution in [1.82, 2.24) is 9.78 Å². The van der Waals surface area contributed by atoms with Crippen LogP contribution in [0.25, 0.3) is 5.69 Å². The van der Waals surface area contributed by atoms with E-state index in [4.69, 9.17) is 4.74 Å². The topological polar surface area (TPSA) is 56.2 Å². The van der Waals surface area contributed by atoms with E-state index >= 15 is 0 Å². The maximum absolute atomic E-state index is 12.3. The first-order valence-corrected chi connectivity index (χ1v) is 9.97. The van der Waals surface area contributed by atoms with Crippen molar-refractivity contribution < 1.29 is 9.53 Å². The van der Waals surface area contributed by atoms with Crippen molar-refractivity contribution in [2.75, 3.05) is 23.4 Å². The number of amides is 1. The van der Waals surface area contributed by atoms with Gasteiger partial charge in [-0.1, -0.05) is 36.4 Å². The zero-order valence-corrected chi connectivity index (χ0v) is 16.3. The largest absolute Gasteiger partial charge is 0.493 e. The van der Waals surface area contributed by atoms with Gasteiger partial charge in [-0.15, -0.1) is 11.8 Å². The molecule has 3 rings (SSSR count). The van der Waals surface area contributed by atoms with E-state index in [0.29, 0.717) is 12.4 Å². The van der Waals surface area contributed by atoms with E-state index in [1.165, 1.54) is 0 Å². The number of anilines is 1. The van der Waals surface area contributed by atoms with Crippen LogP contribution in [-0.4, -0.2) is 33.8 Å². The highest BCUT2D eigenvalue weighted by Gasteiger charge is 2.15. The molecule has 6 heteroatoms. The molecule has 0 bridgehead atoms. The van der Waals surface area contributed by atoms with Crippen molar-refractivity contribution in [3.63, 3.8) is 0 Å². The van der Waals surface area contributed by atoms with Crippen LogP contribution in [0.4, 0.5) is 5.69 Å². The van der Waals surface area contributed by atoms with E-state index in [2.05, 4.69) is 10.4 Å². The number of benzene rings is 2. The molecule has 0 aliphatic heterocycles. The lowest BCUT2D eigenvalue weighted by molar-refractivity contribution is -0.113. The standard InChI is InChI=1S/C21H23N3O2S/c1-16-21(17(2)24(23-16)18-9-5-3-6-10-18)22-20(25)15-27-14-13-26-19-11-7-4-8-12-19/h3-12H,13-15H2,1-2H3,(H,22,25). The van der Waals surface area contributed by atoms with E-state index in [1.807, 2.05) is 79.2 Å². The fourth-order valence-corrected chi connectivity index (χ4v) is 3.32. The Balaban J connectivity index is 1.49. The van der Waals surface area contributed by atoms with Crippen molar-refractivity contribution in [3.8, 4) is 11.4 Å². The fraction of sp³-hybridized carbons (Fsp3) is 0.238. The van der Waals surface area contributed by atoms with Gasteiger partial charge < -0.3 is 10.1 Å². The summed E-state index contributed by atoms with van der Waals surface area (Å²) in [6.45, 7) is 4.44. The second-order valence-electron chi connectivity index (χ2n) is 6.06. The Hall–Kier alpha value is -2.73. The predicted molar refractivity (Wildman–Crippen MR) is 111 cm³/mol. The molecule has 0 spiro atoms. The van der Waals surface area contributed by atoms with Crippen LogP contribution in [0.3, 0.4) is 0 Å². The smallest absolute Gasteiger partial charge is 0.234 e. The molecule has 140 valence electrons. The van der Waals surface area contributed by atoms with Crippen molar-refractivity contribution in [2.45, 2.75) is 13.8 Å². The van der Waals surface area contributed by atoms with Crippen LogP contribution in [0.15, 0.2) is 60.7 Å². The van der Waals surface area contributed by atoms with E-state index in [-0.39, 0.29) is 5.91 Å². The number of ether oxygens (including phenoxy) is 1. The number of hydrogen-bond acceptors (Lipinski definition) is 4. The number of aryl methyl sites for hydroxylation is 1. The summed E-state index contributed by atoms with van der Waals surface area (Å²) in [4.78, 5) is 12.3. The van der Waals surface area contributed by atoms with Crippen molar-refractivity contribution >= 4 is 23.4 Å². The minimum Gasteiger partial charge on any atom is -0.493 e. The first-order valence-electron chi connectivity index (χ1n) is 8.82. The first kappa shape index (κ1) is 19.0. The van der Waals surface area contributed by atoms with Gasteiger partial charge in [0.2, 0.25) is 5.91 Å². The SMILES string of the molecule is Cc1nn(-c2ccccc2)c(C)c1NC(=O)CSCCOc1ccccc1. The monoisotopic (exact) mass is 381 g/mol. The van der Waals surface area contributed by atoms with E-state index in [1.54, 1.807) is 11.8 Å². The quantitative estimate of drug-likeness (QED) is 0.593. The van der Waals surface area contributed by atoms with Gasteiger partial charge in [-0.05, 0) is 38.1 Å². The molecule has 0 fully saturated rings. The summed E-state index contributed by atoms with van der Waals surface area (Å²) < 4.78 is 7.48. The number of carbonyl (C=O) groups is 1. The lowest BCUT2D eigenvalue weighted by atomic mass is 10.3. The number of aromatic nitrogens is 2. The second kappa shape index (κ2) is 9.28. The molecule has 2 aromatic carbocycles. The third kappa shape index (κ3) is 5.14. The van der Waals surface area contributed by atoms with Crippen molar-refractivity contribution in [2.24, 2.45) is 0 Å². The molecule has 1 N–H and O–H groups in total. The zero-order valence-electron chi connectivity index (χ0n) is 15.5. The van der Waals surface area contributed by atoms with Gasteiger partial charge in [0.15, 0.2) is 0 Å². The van der Waals surface area contributed by atoms with Gasteiger partial charge in [0, 0.05) is 5.75 Å². The van der Waals surface area contributed by atoms with Gasteiger partial charge in [-0.2, -0.15) is 5.10 Å². The molecule has 27 heavy (non-hydrogen) atoms. The Kier molecular flexibility index (Phi) is 6.54. The summed E-state index contributed by atoms with van der Waals surface area (Å²) >= 11 is 1.55. The number of rotatable bonds is 8. The molecule has 0 aliphatic rings. The van der Waals surface area contributed by atoms with Crippen LogP contribution >= 0.6 is 11.8 Å². The number of carbonyl (C=O) groups excluding carboxylic acids is 1. The summed E-state index contributed by atoms with van der Waals surface area (Å²) in [5, 5.41) is 7.55. The van der Waals surface area contributed by atoms with Gasteiger partial charge in [0.1, 0.15) is 5.75 Å². The van der Waals surface area contributed by atoms with Gasteiger partial charge in [-0.25, -0.2) is 4.68 Å². The lowest BCUT2D eigenvalue weighted by Crippen LogP contribution is -2.16. The average molecular weight is 382 g/mol. The number of para-hydroxylation sites is 2. The highest BCUT2D eigenvalue weighted by atomic mass is 32.2. The van der Waals surface area contributed by atoms with E-state index in [9.17, 15) is 4.79 Å². The normalized spacial score (nSPS) is 10.6. The highest BCUT2D eigenvalue weighted by Crippen LogP contribution is 2.23. The molecule has 0 unspecified atom stereocenters. The van der Waals surface area contributed by atoms with Crippen LogP contribution in [-0.2, 0) is 4.79 Å². The predicted octanol–water partition coefficient (Wildman–Crippen LogP) is 4.24. The Morgan fingerprint density at radius 1 is 1.07 bits per heavy atom. The molecule has 1 heterocycles. The summed E-state index contributed by atoms with van der Waals surface area (Å²) in [5.41, 5.74) is 3.49. The van der Waals surface area contributed by atoms with Crippen molar-refractivity contribution in [1.29, 1.82) is 0 Å². The molecule has 0 aliphatic carbocycles. The number of thioether (sulfide) groups is 1. The molecule has 0 saturated heterocycles. The maximum atomic E-state index is 12.3. The van der Waals surface area contributed by atoms with Crippen molar-refractivity contribution in [3.05, 3.63) is 72.1 Å². The number of nitrogens with one attached hydrogen (secondary N) is 1. The molecule has 1 amide bonds. The molecule has 0 radical (unpaired) electrons. The molecular weight excluding hydrogens is 358 g/mol. The molecule has 3 aromatic rings. The summed E-state index contributed by atoms with van der Waals surface area (Å²) in [7, 11) is 0. The molecule has 0 saturated carbocycles. The first-order chi connectivity index (χ1) is 13.1. The fourth-order valence-electron chi connectivity index (χ4n) is 2.72. The maximum Gasteiger partial charge on any atom is 0.234 e. The van der Waals surface area contributed by atoms with Gasteiger partial charge in [0.25, 0.3) is 0 Å². The van der Waals surface area contributed by atoms with Crippen LogP contribution in [0.2, 0.25) is 0 Å². The number of nitrogens with zero attached hydrogens (tertiary/aromatic N) is 2. The Morgan fingerprint density at radius 3 is 2.44 bits per heavy atom. The van der Waals surface area contributed by atoms with Crippen LogP contribution in [0.5, 0.6) is 5.75 Å². The van der Waals surface area contributed by atoms with Crippen LogP contribution in [0.1, 0.15) is 11.4 Å². The Morgan fingerprint density at radius 2 is 1.74 bits per heavy atom. The van der Waals surface area contributed by atoms with Gasteiger partial charge >= 0.3 is 0 Å². The molecule has 1 aromatic heterocycles. The Labute approximate surface area is 163 Å². The highest BCUT2D eigenvalue weighted by molar-refractivity contribution is 7.99.